The van der Waals surface area contributed by atoms with Crippen molar-refractivity contribution < 1.29 is 26.4 Å². The smallest absolute Gasteiger partial charge is 0.347 e. The molecule has 2 fully saturated rings. The SMILES string of the molecule is O=C(NC1CN(S(=O)(=O)CC2CC2)CC1c1ccccc1)c1ccc(C(F)(F)F)cc1. The van der Waals surface area contributed by atoms with Gasteiger partial charge in [-0.1, -0.05) is 30.3 Å². The normalized spacial score (nSPS) is 22.4. The van der Waals surface area contributed by atoms with Crippen LogP contribution in [0, 0.1) is 5.92 Å². The molecule has 9 heteroatoms. The van der Waals surface area contributed by atoms with Crippen molar-refractivity contribution in [2.24, 2.45) is 5.92 Å². The van der Waals surface area contributed by atoms with Crippen molar-refractivity contribution in [3.63, 3.8) is 0 Å². The molecule has 2 unspecified atom stereocenters. The molecule has 1 aliphatic heterocycles. The Bertz CT molecular complexity index is 1040. The van der Waals surface area contributed by atoms with Gasteiger partial charge in [0.15, 0.2) is 0 Å². The first kappa shape index (κ1) is 21.8. The lowest BCUT2D eigenvalue weighted by molar-refractivity contribution is -0.137. The van der Waals surface area contributed by atoms with E-state index in [1.807, 2.05) is 30.3 Å². The Morgan fingerprint density at radius 3 is 2.23 bits per heavy atom. The zero-order valence-corrected chi connectivity index (χ0v) is 17.5. The second kappa shape index (κ2) is 8.27. The van der Waals surface area contributed by atoms with Crippen LogP contribution < -0.4 is 5.32 Å². The second-order valence-corrected chi connectivity index (χ2v) is 10.2. The summed E-state index contributed by atoms with van der Waals surface area (Å²) in [6, 6.07) is 12.9. The Hall–Kier alpha value is -2.39. The maximum atomic E-state index is 12.8. The average Bonchev–Trinajstić information content (AvgIpc) is 3.42. The Labute approximate surface area is 179 Å². The fraction of sp³-hybridized carbons (Fsp3) is 0.409. The van der Waals surface area contributed by atoms with Gasteiger partial charge >= 0.3 is 6.18 Å². The van der Waals surface area contributed by atoms with E-state index in [0.29, 0.717) is 0 Å². The number of amides is 1. The van der Waals surface area contributed by atoms with Crippen molar-refractivity contribution in [3.8, 4) is 0 Å². The van der Waals surface area contributed by atoms with E-state index < -0.39 is 33.7 Å². The minimum atomic E-state index is -4.48. The predicted octanol–water partition coefficient (Wildman–Crippen LogP) is 3.64. The van der Waals surface area contributed by atoms with Crippen LogP contribution in [-0.4, -0.2) is 43.5 Å². The van der Waals surface area contributed by atoms with Crippen molar-refractivity contribution >= 4 is 15.9 Å². The molecule has 2 aliphatic rings. The van der Waals surface area contributed by atoms with E-state index in [4.69, 9.17) is 0 Å². The lowest BCUT2D eigenvalue weighted by atomic mass is 9.94. The van der Waals surface area contributed by atoms with Crippen LogP contribution in [0.15, 0.2) is 54.6 Å². The third-order valence-corrected chi connectivity index (χ3v) is 7.82. The Morgan fingerprint density at radius 2 is 1.65 bits per heavy atom. The molecule has 166 valence electrons. The van der Waals surface area contributed by atoms with Gasteiger partial charge in [-0.2, -0.15) is 17.5 Å². The Balaban J connectivity index is 1.53. The molecule has 0 spiro atoms. The first-order chi connectivity index (χ1) is 14.6. The van der Waals surface area contributed by atoms with E-state index in [-0.39, 0.29) is 36.2 Å². The molecule has 1 N–H and O–H groups in total. The summed E-state index contributed by atoms with van der Waals surface area (Å²) in [5, 5.41) is 2.85. The van der Waals surface area contributed by atoms with Gasteiger partial charge < -0.3 is 5.32 Å². The van der Waals surface area contributed by atoms with Gasteiger partial charge in [0, 0.05) is 24.6 Å². The quantitative estimate of drug-likeness (QED) is 0.728. The summed E-state index contributed by atoms with van der Waals surface area (Å²) in [6.07, 6.45) is -2.64. The maximum absolute atomic E-state index is 12.8. The van der Waals surface area contributed by atoms with Gasteiger partial charge in [0.2, 0.25) is 10.0 Å². The van der Waals surface area contributed by atoms with Crippen LogP contribution in [0.25, 0.3) is 0 Å². The molecule has 0 aromatic heterocycles. The lowest BCUT2D eigenvalue weighted by Gasteiger charge is -2.20. The van der Waals surface area contributed by atoms with E-state index in [1.54, 1.807) is 0 Å². The van der Waals surface area contributed by atoms with Crippen LogP contribution in [0.2, 0.25) is 0 Å². The molecular weight excluding hydrogens is 429 g/mol. The fourth-order valence-corrected chi connectivity index (χ4v) is 5.84. The summed E-state index contributed by atoms with van der Waals surface area (Å²) in [7, 11) is -3.44. The molecule has 2 aromatic rings. The van der Waals surface area contributed by atoms with Crippen LogP contribution >= 0.6 is 0 Å². The number of carbonyl (C=O) groups excluding carboxylic acids is 1. The summed E-state index contributed by atoms with van der Waals surface area (Å²) in [5.74, 6) is -0.440. The zero-order valence-electron chi connectivity index (χ0n) is 16.7. The summed E-state index contributed by atoms with van der Waals surface area (Å²) in [5.41, 5.74) is 0.174. The molecule has 1 saturated heterocycles. The number of sulfonamides is 1. The first-order valence-electron chi connectivity index (χ1n) is 10.1. The molecule has 5 nitrogen and oxygen atoms in total. The average molecular weight is 452 g/mol. The summed E-state index contributed by atoms with van der Waals surface area (Å²) in [6.45, 7) is 0.401. The second-order valence-electron chi connectivity index (χ2n) is 8.21. The number of hydrogen-bond donors (Lipinski definition) is 1. The molecule has 1 heterocycles. The van der Waals surface area contributed by atoms with Crippen molar-refractivity contribution in [2.75, 3.05) is 18.8 Å². The minimum absolute atomic E-state index is 0.0964. The van der Waals surface area contributed by atoms with Crippen molar-refractivity contribution in [2.45, 2.75) is 31.0 Å². The Morgan fingerprint density at radius 1 is 1.00 bits per heavy atom. The molecule has 2 atom stereocenters. The number of nitrogens with one attached hydrogen (secondary N) is 1. The standard InChI is InChI=1S/C22H23F3N2O3S/c23-22(24,25)18-10-8-17(9-11-18)21(28)26-20-13-27(31(29,30)14-15-6-7-15)12-19(20)16-4-2-1-3-5-16/h1-5,8-11,15,19-20H,6-7,12-14H2,(H,26,28). The third kappa shape index (κ3) is 5.10. The monoisotopic (exact) mass is 452 g/mol. The summed E-state index contributed by atoms with van der Waals surface area (Å²) >= 11 is 0. The van der Waals surface area contributed by atoms with Crippen LogP contribution in [0.3, 0.4) is 0 Å². The molecule has 4 rings (SSSR count). The predicted molar refractivity (Wildman–Crippen MR) is 110 cm³/mol. The largest absolute Gasteiger partial charge is 0.416 e. The van der Waals surface area contributed by atoms with E-state index in [1.165, 1.54) is 4.31 Å². The van der Waals surface area contributed by atoms with Gasteiger partial charge in [-0.15, -0.1) is 0 Å². The first-order valence-corrected chi connectivity index (χ1v) is 11.8. The Kier molecular flexibility index (Phi) is 5.83. The molecule has 2 aromatic carbocycles. The van der Waals surface area contributed by atoms with Gasteiger partial charge in [0.05, 0.1) is 17.4 Å². The number of alkyl halides is 3. The zero-order chi connectivity index (χ0) is 22.2. The van der Waals surface area contributed by atoms with E-state index >= 15 is 0 Å². The number of halogens is 3. The van der Waals surface area contributed by atoms with Crippen LogP contribution in [0.1, 0.15) is 40.2 Å². The maximum Gasteiger partial charge on any atom is 0.416 e. The van der Waals surface area contributed by atoms with Gasteiger partial charge in [0.25, 0.3) is 5.91 Å². The van der Waals surface area contributed by atoms with E-state index in [9.17, 15) is 26.4 Å². The third-order valence-electron chi connectivity index (χ3n) is 5.84. The highest BCUT2D eigenvalue weighted by atomic mass is 32.2. The fourth-order valence-electron chi connectivity index (χ4n) is 3.93. The van der Waals surface area contributed by atoms with Gasteiger partial charge in [0.1, 0.15) is 0 Å². The highest BCUT2D eigenvalue weighted by molar-refractivity contribution is 7.89. The number of carbonyl (C=O) groups is 1. The molecule has 1 aliphatic carbocycles. The van der Waals surface area contributed by atoms with E-state index in [0.717, 1.165) is 42.7 Å². The van der Waals surface area contributed by atoms with Gasteiger partial charge in [-0.3, -0.25) is 4.79 Å². The number of nitrogens with zero attached hydrogens (tertiary/aromatic N) is 1. The highest BCUT2D eigenvalue weighted by Gasteiger charge is 2.42. The van der Waals surface area contributed by atoms with Gasteiger partial charge in [-0.05, 0) is 48.6 Å². The van der Waals surface area contributed by atoms with E-state index in [2.05, 4.69) is 5.32 Å². The molecule has 31 heavy (non-hydrogen) atoms. The van der Waals surface area contributed by atoms with Crippen molar-refractivity contribution in [3.05, 3.63) is 71.3 Å². The highest BCUT2D eigenvalue weighted by Crippen LogP contribution is 2.35. The summed E-state index contributed by atoms with van der Waals surface area (Å²) < 4.78 is 65.4. The summed E-state index contributed by atoms with van der Waals surface area (Å²) in [4.78, 5) is 12.7. The van der Waals surface area contributed by atoms with Crippen molar-refractivity contribution in [1.29, 1.82) is 0 Å². The van der Waals surface area contributed by atoms with Crippen molar-refractivity contribution in [1.82, 2.24) is 9.62 Å². The topological polar surface area (TPSA) is 66.5 Å². The molecule has 0 bridgehead atoms. The molecular formula is C22H23F3N2O3S. The molecule has 0 radical (unpaired) electrons. The molecule has 1 amide bonds. The number of rotatable bonds is 6. The lowest BCUT2D eigenvalue weighted by Crippen LogP contribution is -2.40. The van der Waals surface area contributed by atoms with Crippen LogP contribution in [-0.2, 0) is 16.2 Å². The number of hydrogen-bond acceptors (Lipinski definition) is 3. The number of benzene rings is 2. The minimum Gasteiger partial charge on any atom is -0.347 e. The van der Waals surface area contributed by atoms with Crippen LogP contribution in [0.5, 0.6) is 0 Å². The van der Waals surface area contributed by atoms with Gasteiger partial charge in [-0.25, -0.2) is 8.42 Å². The van der Waals surface area contributed by atoms with Crippen LogP contribution in [0.4, 0.5) is 13.2 Å². The molecule has 1 saturated carbocycles.